The first-order valence-corrected chi connectivity index (χ1v) is 8.40. The smallest absolute Gasteiger partial charge is 0.0738 e. The summed E-state index contributed by atoms with van der Waals surface area (Å²) in [4.78, 5) is 1.47. The van der Waals surface area contributed by atoms with Crippen LogP contribution in [0.5, 0.6) is 0 Å². The molecular weight excluding hydrogens is 486 g/mol. The zero-order chi connectivity index (χ0) is 11.7. The summed E-state index contributed by atoms with van der Waals surface area (Å²) >= 11 is 17.2. The average molecular weight is 492 g/mol. The highest BCUT2D eigenvalue weighted by Crippen LogP contribution is 2.38. The van der Waals surface area contributed by atoms with E-state index in [9.17, 15) is 0 Å². The van der Waals surface area contributed by atoms with Gasteiger partial charge < -0.3 is 0 Å². The van der Waals surface area contributed by atoms with Crippen molar-refractivity contribution in [1.29, 1.82) is 0 Å². The lowest BCUT2D eigenvalue weighted by molar-refractivity contribution is 1.22. The van der Waals surface area contributed by atoms with Gasteiger partial charge in [-0.15, -0.1) is 11.3 Å². The minimum atomic E-state index is 0.207. The third kappa shape index (κ3) is 3.02. The molecule has 84 valence electrons. The maximum atomic E-state index is 6.12. The van der Waals surface area contributed by atoms with E-state index in [0.717, 1.165) is 12.4 Å². The number of alkyl halides is 1. The molecule has 0 aliphatic heterocycles. The molecule has 0 saturated heterocycles. The van der Waals surface area contributed by atoms with Gasteiger partial charge in [-0.05, 0) is 68.3 Å². The Balaban J connectivity index is 2.33. The van der Waals surface area contributed by atoms with E-state index in [0.29, 0.717) is 0 Å². The van der Waals surface area contributed by atoms with Gasteiger partial charge in [-0.2, -0.15) is 0 Å². The molecule has 0 amide bonds. The van der Waals surface area contributed by atoms with Crippen LogP contribution in [-0.4, -0.2) is 0 Å². The van der Waals surface area contributed by atoms with Gasteiger partial charge in [0.05, 0.1) is 13.6 Å². The number of hydrogen-bond donors (Lipinski definition) is 0. The Morgan fingerprint density at radius 1 is 1.25 bits per heavy atom. The van der Waals surface area contributed by atoms with Crippen LogP contribution in [-0.2, 0) is 0 Å². The number of benzene rings is 1. The minimum absolute atomic E-state index is 0.207. The first-order valence-electron chi connectivity index (χ1n) is 4.42. The second kappa shape index (κ2) is 5.69. The largest absolute Gasteiger partial charge is 0.132 e. The number of hydrogen-bond acceptors (Lipinski definition) is 1. The van der Waals surface area contributed by atoms with Crippen LogP contribution in [0.25, 0.3) is 0 Å². The van der Waals surface area contributed by atoms with Gasteiger partial charge in [0, 0.05) is 8.45 Å². The maximum Gasteiger partial charge on any atom is 0.0738 e. The van der Waals surface area contributed by atoms with E-state index < -0.39 is 0 Å². The van der Waals surface area contributed by atoms with Gasteiger partial charge in [-0.3, -0.25) is 0 Å². The van der Waals surface area contributed by atoms with Crippen LogP contribution in [0.1, 0.15) is 15.3 Å². The van der Waals surface area contributed by atoms with Crippen molar-refractivity contribution in [2.75, 3.05) is 0 Å². The second-order valence-electron chi connectivity index (χ2n) is 3.18. The molecule has 1 aromatic carbocycles. The zero-order valence-corrected chi connectivity index (χ0v) is 14.8. The van der Waals surface area contributed by atoms with E-state index >= 15 is 0 Å². The first-order chi connectivity index (χ1) is 7.58. The van der Waals surface area contributed by atoms with E-state index in [2.05, 4.69) is 72.6 Å². The van der Waals surface area contributed by atoms with Crippen molar-refractivity contribution in [3.05, 3.63) is 53.2 Å². The molecular formula is C11H6Br2ClIS. The summed E-state index contributed by atoms with van der Waals surface area (Å²) in [6.07, 6.45) is 0. The van der Waals surface area contributed by atoms with E-state index in [1.165, 1.54) is 10.4 Å². The molecule has 0 aliphatic rings. The van der Waals surface area contributed by atoms with Gasteiger partial charge in [-0.1, -0.05) is 33.6 Å². The Hall–Kier alpha value is 0.900. The van der Waals surface area contributed by atoms with Crippen LogP contribution in [0.15, 0.2) is 34.1 Å². The molecule has 0 nitrogen and oxygen atoms in total. The summed E-state index contributed by atoms with van der Waals surface area (Å²) in [5, 5.41) is 0.804. The molecule has 0 aliphatic carbocycles. The molecule has 1 aromatic heterocycles. The molecule has 0 bridgehead atoms. The summed E-state index contributed by atoms with van der Waals surface area (Å²) in [6.45, 7) is 0. The fourth-order valence-corrected chi connectivity index (χ4v) is 3.97. The Morgan fingerprint density at radius 3 is 2.56 bits per heavy atom. The fourth-order valence-electron chi connectivity index (χ4n) is 1.30. The van der Waals surface area contributed by atoms with Crippen LogP contribution >= 0.6 is 77.4 Å². The Labute approximate surface area is 134 Å². The quantitative estimate of drug-likeness (QED) is 0.343. The molecule has 0 spiro atoms. The molecule has 1 unspecified atom stereocenters. The van der Waals surface area contributed by atoms with Crippen molar-refractivity contribution in [2.45, 2.75) is 4.83 Å². The van der Waals surface area contributed by atoms with Crippen LogP contribution < -0.4 is 0 Å². The van der Waals surface area contributed by atoms with Crippen molar-refractivity contribution in [2.24, 2.45) is 0 Å². The van der Waals surface area contributed by atoms with Crippen LogP contribution in [0.2, 0.25) is 5.02 Å². The minimum Gasteiger partial charge on any atom is -0.132 e. The van der Waals surface area contributed by atoms with E-state index in [1.807, 2.05) is 12.1 Å². The summed E-state index contributed by atoms with van der Waals surface area (Å²) in [7, 11) is 0. The van der Waals surface area contributed by atoms with Crippen LogP contribution in [0.3, 0.4) is 0 Å². The summed E-state index contributed by atoms with van der Waals surface area (Å²) in [6, 6.07) is 10.3. The second-order valence-corrected chi connectivity index (χ2v) is 8.16. The van der Waals surface area contributed by atoms with Crippen molar-refractivity contribution in [3.63, 3.8) is 0 Å². The lowest BCUT2D eigenvalue weighted by Crippen LogP contribution is -1.90. The molecule has 0 radical (unpaired) electrons. The first kappa shape index (κ1) is 13.3. The predicted octanol–water partition coefficient (Wildman–Crippen LogP) is 6.25. The Bertz CT molecular complexity index is 512. The third-order valence-electron chi connectivity index (χ3n) is 2.08. The lowest BCUT2D eigenvalue weighted by Gasteiger charge is -2.09. The zero-order valence-electron chi connectivity index (χ0n) is 7.88. The monoisotopic (exact) mass is 490 g/mol. The highest BCUT2D eigenvalue weighted by Gasteiger charge is 2.13. The molecule has 1 atom stereocenters. The number of rotatable bonds is 2. The summed E-state index contributed by atoms with van der Waals surface area (Å²) in [5.74, 6) is 0. The topological polar surface area (TPSA) is 0 Å². The Morgan fingerprint density at radius 2 is 2.00 bits per heavy atom. The van der Waals surface area contributed by atoms with Gasteiger partial charge in [0.25, 0.3) is 0 Å². The molecule has 0 N–H and O–H groups in total. The van der Waals surface area contributed by atoms with Gasteiger partial charge in [-0.25, -0.2) is 0 Å². The molecule has 16 heavy (non-hydrogen) atoms. The van der Waals surface area contributed by atoms with E-state index in [4.69, 9.17) is 11.6 Å². The highest BCUT2D eigenvalue weighted by molar-refractivity contribution is 14.1. The predicted molar refractivity (Wildman–Crippen MR) is 87.0 cm³/mol. The Kier molecular flexibility index (Phi) is 4.74. The average Bonchev–Trinajstić information content (AvgIpc) is 2.68. The van der Waals surface area contributed by atoms with Gasteiger partial charge in [0.15, 0.2) is 0 Å². The van der Waals surface area contributed by atoms with Crippen molar-refractivity contribution >= 4 is 77.4 Å². The summed E-state index contributed by atoms with van der Waals surface area (Å²) in [5.41, 5.74) is 1.18. The molecule has 5 heteroatoms. The van der Waals surface area contributed by atoms with Crippen LogP contribution in [0, 0.1) is 3.57 Å². The standard InChI is InChI=1S/C11H6Br2ClIS/c12-10-4-3-9(16-10)11(13)6-1-2-8(15)7(14)5-6/h1-5,11H. The summed E-state index contributed by atoms with van der Waals surface area (Å²) < 4.78 is 2.22. The third-order valence-corrected chi connectivity index (χ3v) is 6.67. The molecule has 2 rings (SSSR count). The van der Waals surface area contributed by atoms with E-state index in [-0.39, 0.29) is 4.83 Å². The van der Waals surface area contributed by atoms with Gasteiger partial charge in [0.1, 0.15) is 0 Å². The number of thiophene rings is 1. The molecule has 0 fully saturated rings. The normalized spacial score (nSPS) is 12.8. The maximum absolute atomic E-state index is 6.12. The molecule has 1 heterocycles. The van der Waals surface area contributed by atoms with Crippen molar-refractivity contribution < 1.29 is 0 Å². The fraction of sp³-hybridized carbons (Fsp3) is 0.0909. The van der Waals surface area contributed by atoms with Gasteiger partial charge >= 0.3 is 0 Å². The molecule has 2 aromatic rings. The lowest BCUT2D eigenvalue weighted by atomic mass is 10.1. The van der Waals surface area contributed by atoms with E-state index in [1.54, 1.807) is 11.3 Å². The molecule has 0 saturated carbocycles. The SMILES string of the molecule is Clc1cc(C(Br)c2ccc(Br)s2)ccc1I. The van der Waals surface area contributed by atoms with Crippen LogP contribution in [0.4, 0.5) is 0 Å². The number of halogens is 4. The van der Waals surface area contributed by atoms with Crippen molar-refractivity contribution in [3.8, 4) is 0 Å². The van der Waals surface area contributed by atoms with Crippen molar-refractivity contribution in [1.82, 2.24) is 0 Å². The highest BCUT2D eigenvalue weighted by atomic mass is 127. The van der Waals surface area contributed by atoms with Gasteiger partial charge in [0.2, 0.25) is 0 Å².